The molecular formula is C7H16N2S. The van der Waals surface area contributed by atoms with Crippen LogP contribution in [0.4, 0.5) is 0 Å². The molecule has 10 heavy (non-hydrogen) atoms. The smallest absolute Gasteiger partial charge is 0.0224 e. The fourth-order valence-electron chi connectivity index (χ4n) is 1.10. The fraction of sp³-hybridized carbons (Fsp3) is 1.00. The quantitative estimate of drug-likeness (QED) is 0.592. The van der Waals surface area contributed by atoms with Gasteiger partial charge in [-0.3, -0.25) is 0 Å². The average Bonchev–Trinajstić information content (AvgIpc) is 2.05. The van der Waals surface area contributed by atoms with Gasteiger partial charge in [0.05, 0.1) is 0 Å². The summed E-state index contributed by atoms with van der Waals surface area (Å²) in [6.07, 6.45) is 0. The van der Waals surface area contributed by atoms with Crippen molar-refractivity contribution in [1.82, 2.24) is 10.0 Å². The first-order valence-electron chi connectivity index (χ1n) is 3.88. The van der Waals surface area contributed by atoms with E-state index in [-0.39, 0.29) is 0 Å². The first-order chi connectivity index (χ1) is 4.84. The number of rotatable bonds is 2. The van der Waals surface area contributed by atoms with Crippen LogP contribution in [0.1, 0.15) is 6.92 Å². The van der Waals surface area contributed by atoms with Crippen LogP contribution in [0.5, 0.6) is 0 Å². The number of hydrazine groups is 1. The Labute approximate surface area is 67.5 Å². The summed E-state index contributed by atoms with van der Waals surface area (Å²) in [5.74, 6) is 2.59. The van der Waals surface area contributed by atoms with E-state index in [2.05, 4.69) is 35.8 Å². The topological polar surface area (TPSA) is 6.48 Å². The van der Waals surface area contributed by atoms with Gasteiger partial charge in [0.1, 0.15) is 0 Å². The maximum absolute atomic E-state index is 2.43. The molecule has 0 aromatic heterocycles. The lowest BCUT2D eigenvalue weighted by atomic mass is 10.6. The third-order valence-corrected chi connectivity index (χ3v) is 2.87. The number of nitrogens with zero attached hydrogens (tertiary/aromatic N) is 2. The first-order valence-corrected chi connectivity index (χ1v) is 5.04. The largest absolute Gasteiger partial charge is 0.245 e. The van der Waals surface area contributed by atoms with Crippen LogP contribution in [-0.4, -0.2) is 48.2 Å². The van der Waals surface area contributed by atoms with E-state index in [1.807, 2.05) is 0 Å². The molecule has 1 aliphatic heterocycles. The van der Waals surface area contributed by atoms with Crippen molar-refractivity contribution in [2.45, 2.75) is 6.92 Å². The summed E-state index contributed by atoms with van der Waals surface area (Å²) in [7, 11) is 2.16. The minimum absolute atomic E-state index is 1.13. The number of thioether (sulfide) groups is 1. The second-order valence-electron chi connectivity index (χ2n) is 2.54. The Bertz CT molecular complexity index is 91.6. The van der Waals surface area contributed by atoms with E-state index in [1.54, 1.807) is 0 Å². The number of hydrogen-bond donors (Lipinski definition) is 0. The Morgan fingerprint density at radius 1 is 1.40 bits per heavy atom. The summed E-state index contributed by atoms with van der Waals surface area (Å²) in [5, 5.41) is 4.73. The second-order valence-corrected chi connectivity index (χ2v) is 3.76. The van der Waals surface area contributed by atoms with Gasteiger partial charge in [0.2, 0.25) is 0 Å². The average molecular weight is 160 g/mol. The van der Waals surface area contributed by atoms with Gasteiger partial charge in [-0.1, -0.05) is 6.92 Å². The summed E-state index contributed by atoms with van der Waals surface area (Å²) in [6, 6.07) is 0. The molecule has 1 heterocycles. The molecule has 60 valence electrons. The van der Waals surface area contributed by atoms with E-state index in [9.17, 15) is 0 Å². The highest BCUT2D eigenvalue weighted by Gasteiger charge is 2.12. The summed E-state index contributed by atoms with van der Waals surface area (Å²) in [4.78, 5) is 0. The zero-order valence-electron chi connectivity index (χ0n) is 6.84. The lowest BCUT2D eigenvalue weighted by Gasteiger charge is -2.33. The van der Waals surface area contributed by atoms with Gasteiger partial charge in [0, 0.05) is 38.2 Å². The molecule has 0 bridgehead atoms. The van der Waals surface area contributed by atoms with Crippen LogP contribution in [0.3, 0.4) is 0 Å². The monoisotopic (exact) mass is 160 g/mol. The van der Waals surface area contributed by atoms with Crippen molar-refractivity contribution in [2.24, 2.45) is 0 Å². The first kappa shape index (κ1) is 8.37. The molecule has 0 unspecified atom stereocenters. The molecule has 0 saturated carbocycles. The molecule has 1 fully saturated rings. The highest BCUT2D eigenvalue weighted by molar-refractivity contribution is 7.99. The number of hydrogen-bond acceptors (Lipinski definition) is 3. The minimum Gasteiger partial charge on any atom is -0.245 e. The molecule has 0 aromatic carbocycles. The molecule has 2 nitrogen and oxygen atoms in total. The van der Waals surface area contributed by atoms with Crippen LogP contribution in [0.15, 0.2) is 0 Å². The van der Waals surface area contributed by atoms with E-state index in [0.717, 1.165) is 6.54 Å². The van der Waals surface area contributed by atoms with E-state index in [1.165, 1.54) is 24.6 Å². The summed E-state index contributed by atoms with van der Waals surface area (Å²) in [5.41, 5.74) is 0. The maximum Gasteiger partial charge on any atom is 0.0224 e. The maximum atomic E-state index is 2.43. The van der Waals surface area contributed by atoms with Crippen molar-refractivity contribution >= 4 is 11.8 Å². The molecule has 0 spiro atoms. The molecule has 0 aromatic rings. The molecular weight excluding hydrogens is 144 g/mol. The molecule has 0 amide bonds. The van der Waals surface area contributed by atoms with Gasteiger partial charge in [-0.2, -0.15) is 11.8 Å². The van der Waals surface area contributed by atoms with E-state index in [4.69, 9.17) is 0 Å². The van der Waals surface area contributed by atoms with Crippen molar-refractivity contribution < 1.29 is 0 Å². The van der Waals surface area contributed by atoms with Crippen LogP contribution in [-0.2, 0) is 0 Å². The summed E-state index contributed by atoms with van der Waals surface area (Å²) < 4.78 is 0. The summed E-state index contributed by atoms with van der Waals surface area (Å²) in [6.45, 7) is 5.79. The van der Waals surface area contributed by atoms with E-state index < -0.39 is 0 Å². The summed E-state index contributed by atoms with van der Waals surface area (Å²) >= 11 is 2.06. The Balaban J connectivity index is 2.24. The normalized spacial score (nSPS) is 21.9. The van der Waals surface area contributed by atoms with Gasteiger partial charge in [-0.25, -0.2) is 10.0 Å². The molecule has 1 saturated heterocycles. The zero-order valence-corrected chi connectivity index (χ0v) is 7.65. The molecule has 0 atom stereocenters. The highest BCUT2D eigenvalue weighted by atomic mass is 32.2. The van der Waals surface area contributed by atoms with Crippen LogP contribution < -0.4 is 0 Å². The SMILES string of the molecule is CCN(C)N1CCSCC1. The van der Waals surface area contributed by atoms with Crippen LogP contribution in [0.2, 0.25) is 0 Å². The van der Waals surface area contributed by atoms with E-state index in [0.29, 0.717) is 0 Å². The van der Waals surface area contributed by atoms with E-state index >= 15 is 0 Å². The van der Waals surface area contributed by atoms with Crippen LogP contribution in [0, 0.1) is 0 Å². The third-order valence-electron chi connectivity index (χ3n) is 1.93. The Hall–Kier alpha value is 0.270. The lowest BCUT2D eigenvalue weighted by molar-refractivity contribution is 0.0149. The molecule has 0 radical (unpaired) electrons. The van der Waals surface area contributed by atoms with Crippen molar-refractivity contribution in [1.29, 1.82) is 0 Å². The van der Waals surface area contributed by atoms with Crippen LogP contribution in [0.25, 0.3) is 0 Å². The molecule has 0 N–H and O–H groups in total. The van der Waals surface area contributed by atoms with Gasteiger partial charge in [0.15, 0.2) is 0 Å². The van der Waals surface area contributed by atoms with Gasteiger partial charge in [-0.15, -0.1) is 0 Å². The Morgan fingerprint density at radius 3 is 2.50 bits per heavy atom. The standard InChI is InChI=1S/C7H16N2S/c1-3-8(2)9-4-6-10-7-5-9/h3-7H2,1-2H3. The molecule has 1 aliphatic rings. The fourth-order valence-corrected chi connectivity index (χ4v) is 1.98. The van der Waals surface area contributed by atoms with Gasteiger partial charge in [-0.05, 0) is 0 Å². The molecule has 1 rings (SSSR count). The molecule has 0 aliphatic carbocycles. The minimum atomic E-state index is 1.13. The van der Waals surface area contributed by atoms with Crippen molar-refractivity contribution in [3.05, 3.63) is 0 Å². The Morgan fingerprint density at radius 2 is 2.00 bits per heavy atom. The van der Waals surface area contributed by atoms with Crippen LogP contribution >= 0.6 is 11.8 Å². The lowest BCUT2D eigenvalue weighted by Crippen LogP contribution is -2.44. The predicted molar refractivity (Wildman–Crippen MR) is 47.2 cm³/mol. The van der Waals surface area contributed by atoms with Crippen molar-refractivity contribution in [3.8, 4) is 0 Å². The predicted octanol–water partition coefficient (Wildman–Crippen LogP) is 0.902. The van der Waals surface area contributed by atoms with Gasteiger partial charge in [0.25, 0.3) is 0 Å². The third kappa shape index (κ3) is 2.15. The zero-order chi connectivity index (χ0) is 7.40. The van der Waals surface area contributed by atoms with Gasteiger partial charge >= 0.3 is 0 Å². The Kier molecular flexibility index (Phi) is 3.52. The highest BCUT2D eigenvalue weighted by Crippen LogP contribution is 2.09. The molecule has 3 heteroatoms. The van der Waals surface area contributed by atoms with Crippen molar-refractivity contribution in [3.63, 3.8) is 0 Å². The van der Waals surface area contributed by atoms with Crippen molar-refractivity contribution in [2.75, 3.05) is 38.2 Å². The van der Waals surface area contributed by atoms with Gasteiger partial charge < -0.3 is 0 Å². The second kappa shape index (κ2) is 4.21.